The van der Waals surface area contributed by atoms with Crippen molar-refractivity contribution in [2.75, 3.05) is 0 Å². The SMILES string of the molecule is C1=CCC=C1.[AlH3]. The summed E-state index contributed by atoms with van der Waals surface area (Å²) in [5, 5.41) is 0. The Morgan fingerprint density at radius 1 is 1.00 bits per heavy atom. The molecule has 1 aliphatic rings. The summed E-state index contributed by atoms with van der Waals surface area (Å²) in [6, 6.07) is 0. The maximum absolute atomic E-state index is 2.12. The lowest BCUT2D eigenvalue weighted by atomic mass is 10.5. The van der Waals surface area contributed by atoms with Crippen LogP contribution >= 0.6 is 0 Å². The van der Waals surface area contributed by atoms with E-state index in [2.05, 4.69) is 24.3 Å². The fraction of sp³-hybridized carbons (Fsp3) is 0.200. The molecule has 1 aliphatic carbocycles. The van der Waals surface area contributed by atoms with Gasteiger partial charge >= 0.3 is 0 Å². The minimum absolute atomic E-state index is 0. The van der Waals surface area contributed by atoms with Crippen molar-refractivity contribution in [1.82, 2.24) is 0 Å². The van der Waals surface area contributed by atoms with Gasteiger partial charge in [-0.25, -0.2) is 0 Å². The summed E-state index contributed by atoms with van der Waals surface area (Å²) in [4.78, 5) is 0. The molecule has 0 aliphatic heterocycles. The zero-order chi connectivity index (χ0) is 3.54. The number of allylic oxidation sites excluding steroid dienone is 4. The van der Waals surface area contributed by atoms with Crippen LogP contribution in [0.3, 0.4) is 0 Å². The minimum Gasteiger partial charge on any atom is -0.0808 e. The molecule has 0 fully saturated rings. The van der Waals surface area contributed by atoms with Gasteiger partial charge in [0, 0.05) is 0 Å². The highest BCUT2D eigenvalue weighted by Gasteiger charge is 1.72. The second kappa shape index (κ2) is 3.21. The molecule has 0 unspecified atom stereocenters. The third-order valence-corrected chi connectivity index (χ3v) is 0.655. The van der Waals surface area contributed by atoms with Crippen LogP contribution in [0.1, 0.15) is 6.42 Å². The Morgan fingerprint density at radius 2 is 1.50 bits per heavy atom. The van der Waals surface area contributed by atoms with Crippen LogP contribution in [-0.4, -0.2) is 17.4 Å². The summed E-state index contributed by atoms with van der Waals surface area (Å²) in [6.45, 7) is 0. The van der Waals surface area contributed by atoms with E-state index in [1.807, 2.05) is 0 Å². The summed E-state index contributed by atoms with van der Waals surface area (Å²) < 4.78 is 0. The van der Waals surface area contributed by atoms with Gasteiger partial charge in [-0.2, -0.15) is 0 Å². The van der Waals surface area contributed by atoms with Gasteiger partial charge in [0.05, 0.1) is 0 Å². The Morgan fingerprint density at radius 3 is 1.67 bits per heavy atom. The van der Waals surface area contributed by atoms with E-state index >= 15 is 0 Å². The van der Waals surface area contributed by atoms with Crippen LogP contribution in [0.15, 0.2) is 24.3 Å². The van der Waals surface area contributed by atoms with E-state index in [0.717, 1.165) is 6.42 Å². The Bertz CT molecular complexity index is 62.0. The number of hydrogen-bond acceptors (Lipinski definition) is 0. The van der Waals surface area contributed by atoms with E-state index in [0.29, 0.717) is 0 Å². The lowest BCUT2D eigenvalue weighted by molar-refractivity contribution is 1.45. The first kappa shape index (κ1) is 6.01. The highest BCUT2D eigenvalue weighted by Crippen LogP contribution is 1.93. The van der Waals surface area contributed by atoms with Crippen molar-refractivity contribution in [3.63, 3.8) is 0 Å². The monoisotopic (exact) mass is 96.1 g/mol. The van der Waals surface area contributed by atoms with Crippen LogP contribution < -0.4 is 0 Å². The lowest BCUT2D eigenvalue weighted by Crippen LogP contribution is -1.37. The van der Waals surface area contributed by atoms with Gasteiger partial charge in [0.1, 0.15) is 0 Å². The predicted octanol–water partition coefficient (Wildman–Crippen LogP) is 0.319. The van der Waals surface area contributed by atoms with Gasteiger partial charge < -0.3 is 0 Å². The van der Waals surface area contributed by atoms with E-state index in [1.165, 1.54) is 0 Å². The second-order valence-corrected chi connectivity index (χ2v) is 1.09. The van der Waals surface area contributed by atoms with Gasteiger partial charge in [0.15, 0.2) is 17.4 Å². The molecular formula is C5H9Al. The van der Waals surface area contributed by atoms with Gasteiger partial charge in [-0.1, -0.05) is 24.3 Å². The number of rotatable bonds is 0. The molecule has 0 atom stereocenters. The predicted molar refractivity (Wildman–Crippen MR) is 32.8 cm³/mol. The van der Waals surface area contributed by atoms with E-state index in [-0.39, 0.29) is 17.4 Å². The first-order chi connectivity index (χ1) is 2.50. The summed E-state index contributed by atoms with van der Waals surface area (Å²) in [5.41, 5.74) is 0. The van der Waals surface area contributed by atoms with Crippen LogP contribution in [0.5, 0.6) is 0 Å². The average molecular weight is 96.1 g/mol. The van der Waals surface area contributed by atoms with Crippen molar-refractivity contribution < 1.29 is 0 Å². The van der Waals surface area contributed by atoms with Crippen LogP contribution in [0.2, 0.25) is 0 Å². The molecule has 0 saturated carbocycles. The van der Waals surface area contributed by atoms with Crippen molar-refractivity contribution in [3.8, 4) is 0 Å². The molecule has 1 rings (SSSR count). The van der Waals surface area contributed by atoms with Crippen molar-refractivity contribution in [1.29, 1.82) is 0 Å². The highest BCUT2D eigenvalue weighted by molar-refractivity contribution is 5.75. The van der Waals surface area contributed by atoms with E-state index in [1.54, 1.807) is 0 Å². The van der Waals surface area contributed by atoms with Crippen LogP contribution in [-0.2, 0) is 0 Å². The molecule has 0 amide bonds. The van der Waals surface area contributed by atoms with E-state index < -0.39 is 0 Å². The zero-order valence-electron chi connectivity index (χ0n) is 3.02. The third-order valence-electron chi connectivity index (χ3n) is 0.655. The Balaban J connectivity index is 0.000000250. The molecule has 32 valence electrons. The quantitative estimate of drug-likeness (QED) is 0.381. The summed E-state index contributed by atoms with van der Waals surface area (Å²) in [5.74, 6) is 0. The van der Waals surface area contributed by atoms with Gasteiger partial charge in [0.25, 0.3) is 0 Å². The maximum atomic E-state index is 2.12. The van der Waals surface area contributed by atoms with Gasteiger partial charge in [-0.3, -0.25) is 0 Å². The molecule has 0 N–H and O–H groups in total. The largest absolute Gasteiger partial charge is 0.187 e. The molecule has 6 heavy (non-hydrogen) atoms. The molecule has 0 bridgehead atoms. The molecular weight excluding hydrogens is 87.0 g/mol. The number of hydrogen-bond donors (Lipinski definition) is 0. The van der Waals surface area contributed by atoms with Crippen molar-refractivity contribution in [2.45, 2.75) is 6.42 Å². The first-order valence-corrected chi connectivity index (χ1v) is 1.82. The molecule has 0 radical (unpaired) electrons. The fourth-order valence-electron chi connectivity index (χ4n) is 0.393. The molecule has 0 heterocycles. The summed E-state index contributed by atoms with van der Waals surface area (Å²) >= 11 is 0. The van der Waals surface area contributed by atoms with Crippen molar-refractivity contribution in [2.24, 2.45) is 0 Å². The van der Waals surface area contributed by atoms with E-state index in [4.69, 9.17) is 0 Å². The van der Waals surface area contributed by atoms with Gasteiger partial charge in [-0.05, 0) is 6.42 Å². The van der Waals surface area contributed by atoms with E-state index in [9.17, 15) is 0 Å². The minimum atomic E-state index is 0. The van der Waals surface area contributed by atoms with Crippen molar-refractivity contribution in [3.05, 3.63) is 24.3 Å². The molecule has 0 nitrogen and oxygen atoms in total. The summed E-state index contributed by atoms with van der Waals surface area (Å²) in [6.07, 6.45) is 9.50. The standard InChI is InChI=1S/C5H6.Al.3H/c1-2-4-5-3-1;;;;/h1-4H,5H2;;;;. The maximum Gasteiger partial charge on any atom is 0.187 e. The molecule has 0 aromatic rings. The van der Waals surface area contributed by atoms with Crippen molar-refractivity contribution >= 4 is 17.4 Å². The second-order valence-electron chi connectivity index (χ2n) is 1.09. The molecule has 0 saturated heterocycles. The Kier molecular flexibility index (Phi) is 3.22. The highest BCUT2D eigenvalue weighted by atomic mass is 27.0. The molecule has 1 heteroatoms. The molecule has 0 spiro atoms. The summed E-state index contributed by atoms with van der Waals surface area (Å²) in [7, 11) is 0. The Labute approximate surface area is 48.7 Å². The normalized spacial score (nSPS) is 14.7. The van der Waals surface area contributed by atoms with Crippen LogP contribution in [0.25, 0.3) is 0 Å². The smallest absolute Gasteiger partial charge is 0.0808 e. The Hall–Kier alpha value is 0.0125. The van der Waals surface area contributed by atoms with Gasteiger partial charge in [0.2, 0.25) is 0 Å². The average Bonchev–Trinajstić information content (AvgIpc) is 1.76. The fourth-order valence-corrected chi connectivity index (χ4v) is 0.393. The third kappa shape index (κ3) is 1.45. The molecule has 0 aromatic heterocycles. The first-order valence-electron chi connectivity index (χ1n) is 1.82. The lowest BCUT2D eigenvalue weighted by Gasteiger charge is -1.57. The van der Waals surface area contributed by atoms with Gasteiger partial charge in [-0.15, -0.1) is 0 Å². The van der Waals surface area contributed by atoms with Crippen LogP contribution in [0.4, 0.5) is 0 Å². The van der Waals surface area contributed by atoms with Crippen LogP contribution in [0, 0.1) is 0 Å². The topological polar surface area (TPSA) is 0 Å². The molecule has 0 aromatic carbocycles. The zero-order valence-corrected chi connectivity index (χ0v) is 3.02.